The van der Waals surface area contributed by atoms with Crippen LogP contribution in [0.4, 0.5) is 10.5 Å². The Morgan fingerprint density at radius 1 is 1.39 bits per heavy atom. The number of nitriles is 1. The van der Waals surface area contributed by atoms with Gasteiger partial charge in [0.1, 0.15) is 0 Å². The van der Waals surface area contributed by atoms with Gasteiger partial charge in [-0.1, -0.05) is 6.92 Å². The van der Waals surface area contributed by atoms with E-state index >= 15 is 0 Å². The zero-order valence-corrected chi connectivity index (χ0v) is 9.80. The quantitative estimate of drug-likeness (QED) is 0.748. The Bertz CT molecular complexity index is 476. The minimum atomic E-state index is -0.964. The van der Waals surface area contributed by atoms with Crippen LogP contribution in [-0.2, 0) is 4.79 Å². The smallest absolute Gasteiger partial charge is 0.319 e. The van der Waals surface area contributed by atoms with Crippen LogP contribution in [0.5, 0.6) is 0 Å². The maximum atomic E-state index is 11.4. The molecule has 94 valence electrons. The van der Waals surface area contributed by atoms with Gasteiger partial charge >= 0.3 is 12.0 Å². The van der Waals surface area contributed by atoms with Gasteiger partial charge in [0.2, 0.25) is 0 Å². The van der Waals surface area contributed by atoms with E-state index in [2.05, 4.69) is 10.6 Å². The molecule has 1 rings (SSSR count). The molecule has 2 amide bonds. The number of anilines is 1. The van der Waals surface area contributed by atoms with Crippen LogP contribution in [0.1, 0.15) is 12.5 Å². The average Bonchev–Trinajstić information content (AvgIpc) is 2.36. The molecule has 0 saturated carbocycles. The number of benzene rings is 1. The van der Waals surface area contributed by atoms with Crippen LogP contribution in [0, 0.1) is 17.2 Å². The van der Waals surface area contributed by atoms with Gasteiger partial charge in [0.05, 0.1) is 17.6 Å². The number of hydrogen-bond donors (Lipinski definition) is 3. The van der Waals surface area contributed by atoms with E-state index in [1.54, 1.807) is 24.3 Å². The molecule has 0 aliphatic rings. The zero-order chi connectivity index (χ0) is 13.5. The first-order valence-electron chi connectivity index (χ1n) is 5.30. The fourth-order valence-corrected chi connectivity index (χ4v) is 1.14. The second kappa shape index (κ2) is 6.25. The van der Waals surface area contributed by atoms with Crippen molar-refractivity contribution in [2.24, 2.45) is 5.92 Å². The highest BCUT2D eigenvalue weighted by Gasteiger charge is 2.11. The number of nitrogens with one attached hydrogen (secondary N) is 2. The van der Waals surface area contributed by atoms with Crippen molar-refractivity contribution in [2.45, 2.75) is 6.92 Å². The van der Waals surface area contributed by atoms with E-state index in [1.165, 1.54) is 6.92 Å². The predicted molar refractivity (Wildman–Crippen MR) is 65.0 cm³/mol. The summed E-state index contributed by atoms with van der Waals surface area (Å²) in [4.78, 5) is 22.0. The van der Waals surface area contributed by atoms with Crippen LogP contribution >= 0.6 is 0 Å². The van der Waals surface area contributed by atoms with Gasteiger partial charge in [-0.05, 0) is 24.3 Å². The fraction of sp³-hybridized carbons (Fsp3) is 0.250. The molecule has 0 heterocycles. The molecule has 6 heteroatoms. The lowest BCUT2D eigenvalue weighted by Crippen LogP contribution is -2.34. The number of hydrogen-bond acceptors (Lipinski definition) is 3. The molecule has 0 aliphatic carbocycles. The first-order chi connectivity index (χ1) is 8.52. The predicted octanol–water partition coefficient (Wildman–Crippen LogP) is 1.40. The minimum Gasteiger partial charge on any atom is -0.481 e. The highest BCUT2D eigenvalue weighted by atomic mass is 16.4. The second-order valence-electron chi connectivity index (χ2n) is 3.76. The topological polar surface area (TPSA) is 102 Å². The maximum Gasteiger partial charge on any atom is 0.319 e. The van der Waals surface area contributed by atoms with Gasteiger partial charge in [-0.3, -0.25) is 4.79 Å². The molecule has 0 aliphatic heterocycles. The fourth-order valence-electron chi connectivity index (χ4n) is 1.14. The van der Waals surface area contributed by atoms with Crippen LogP contribution in [0.15, 0.2) is 24.3 Å². The first kappa shape index (κ1) is 13.5. The van der Waals surface area contributed by atoms with Crippen molar-refractivity contribution < 1.29 is 14.7 Å². The van der Waals surface area contributed by atoms with E-state index in [0.29, 0.717) is 11.3 Å². The largest absolute Gasteiger partial charge is 0.481 e. The monoisotopic (exact) mass is 247 g/mol. The number of carboxylic acid groups (broad SMARTS) is 1. The lowest BCUT2D eigenvalue weighted by molar-refractivity contribution is -0.140. The van der Waals surface area contributed by atoms with Crippen molar-refractivity contribution in [1.82, 2.24) is 5.32 Å². The molecule has 0 aromatic heterocycles. The molecule has 6 nitrogen and oxygen atoms in total. The Hall–Kier alpha value is -2.55. The standard InChI is InChI=1S/C12H13N3O3/c1-8(11(16)17)7-14-12(18)15-10-4-2-9(6-13)3-5-10/h2-5,8H,7H2,1H3,(H,16,17)(H2,14,15,18)/t8-/m0/s1. The van der Waals surface area contributed by atoms with Crippen LogP contribution in [-0.4, -0.2) is 23.7 Å². The number of urea groups is 1. The number of carbonyl (C=O) groups excluding carboxylic acids is 1. The average molecular weight is 247 g/mol. The van der Waals surface area contributed by atoms with Crippen molar-refractivity contribution in [3.63, 3.8) is 0 Å². The van der Waals surface area contributed by atoms with Gasteiger partial charge < -0.3 is 15.7 Å². The SMILES string of the molecule is C[C@@H](CNC(=O)Nc1ccc(C#N)cc1)C(=O)O. The molecule has 1 aromatic rings. The summed E-state index contributed by atoms with van der Waals surface area (Å²) in [6.45, 7) is 1.56. The molecule has 1 atom stereocenters. The Kier molecular flexibility index (Phi) is 4.69. The second-order valence-corrected chi connectivity index (χ2v) is 3.76. The molecular formula is C12H13N3O3. The van der Waals surface area contributed by atoms with Crippen LogP contribution in [0.3, 0.4) is 0 Å². The van der Waals surface area contributed by atoms with Crippen molar-refractivity contribution >= 4 is 17.7 Å². The van der Waals surface area contributed by atoms with Gasteiger partial charge in [-0.2, -0.15) is 5.26 Å². The highest BCUT2D eigenvalue weighted by Crippen LogP contribution is 2.08. The van der Waals surface area contributed by atoms with Crippen LogP contribution in [0.25, 0.3) is 0 Å². The van der Waals surface area contributed by atoms with Gasteiger partial charge in [0.15, 0.2) is 0 Å². The Labute approximate surface area is 104 Å². The molecule has 0 radical (unpaired) electrons. The van der Waals surface area contributed by atoms with Gasteiger partial charge in [-0.25, -0.2) is 4.79 Å². The molecule has 0 spiro atoms. The van der Waals surface area contributed by atoms with Crippen molar-refractivity contribution in [3.8, 4) is 6.07 Å². The summed E-state index contributed by atoms with van der Waals surface area (Å²) in [6.07, 6.45) is 0. The third-order valence-corrected chi connectivity index (χ3v) is 2.26. The Balaban J connectivity index is 2.45. The van der Waals surface area contributed by atoms with E-state index in [4.69, 9.17) is 10.4 Å². The maximum absolute atomic E-state index is 11.4. The number of rotatable bonds is 4. The summed E-state index contributed by atoms with van der Waals surface area (Å²) in [6, 6.07) is 7.84. The van der Waals surface area contributed by atoms with E-state index in [0.717, 1.165) is 0 Å². The highest BCUT2D eigenvalue weighted by molar-refractivity contribution is 5.89. The number of carboxylic acids is 1. The van der Waals surface area contributed by atoms with Crippen molar-refractivity contribution in [3.05, 3.63) is 29.8 Å². The van der Waals surface area contributed by atoms with E-state index in [-0.39, 0.29) is 6.54 Å². The number of carbonyl (C=O) groups is 2. The molecule has 18 heavy (non-hydrogen) atoms. The molecule has 0 fully saturated rings. The van der Waals surface area contributed by atoms with Gasteiger partial charge in [0, 0.05) is 12.2 Å². The zero-order valence-electron chi connectivity index (χ0n) is 9.80. The summed E-state index contributed by atoms with van der Waals surface area (Å²) in [5, 5.41) is 22.2. The summed E-state index contributed by atoms with van der Waals surface area (Å²) in [7, 11) is 0. The van der Waals surface area contributed by atoms with Gasteiger partial charge in [0.25, 0.3) is 0 Å². The number of nitrogens with zero attached hydrogens (tertiary/aromatic N) is 1. The number of amides is 2. The van der Waals surface area contributed by atoms with E-state index < -0.39 is 17.9 Å². The molecular weight excluding hydrogens is 234 g/mol. The lowest BCUT2D eigenvalue weighted by Gasteiger charge is -2.09. The van der Waals surface area contributed by atoms with E-state index in [1.807, 2.05) is 6.07 Å². The summed E-state index contributed by atoms with van der Waals surface area (Å²) in [5.41, 5.74) is 1.04. The number of aliphatic carboxylic acids is 1. The van der Waals surface area contributed by atoms with E-state index in [9.17, 15) is 9.59 Å². The molecule has 1 aromatic carbocycles. The van der Waals surface area contributed by atoms with Crippen LogP contribution < -0.4 is 10.6 Å². The van der Waals surface area contributed by atoms with Gasteiger partial charge in [-0.15, -0.1) is 0 Å². The third-order valence-electron chi connectivity index (χ3n) is 2.26. The summed E-state index contributed by atoms with van der Waals surface area (Å²) >= 11 is 0. The Morgan fingerprint density at radius 3 is 2.50 bits per heavy atom. The molecule has 0 saturated heterocycles. The molecule has 0 unspecified atom stereocenters. The summed E-state index contributed by atoms with van der Waals surface area (Å²) in [5.74, 6) is -1.61. The Morgan fingerprint density at radius 2 is 2.00 bits per heavy atom. The summed E-state index contributed by atoms with van der Waals surface area (Å²) < 4.78 is 0. The first-order valence-corrected chi connectivity index (χ1v) is 5.30. The van der Waals surface area contributed by atoms with Crippen molar-refractivity contribution in [2.75, 3.05) is 11.9 Å². The lowest BCUT2D eigenvalue weighted by atomic mass is 10.2. The minimum absolute atomic E-state index is 0.0530. The van der Waals surface area contributed by atoms with Crippen molar-refractivity contribution in [1.29, 1.82) is 5.26 Å². The normalized spacial score (nSPS) is 11.1. The molecule has 0 bridgehead atoms. The third kappa shape index (κ3) is 4.14. The van der Waals surface area contributed by atoms with Crippen LogP contribution in [0.2, 0.25) is 0 Å². The molecule has 3 N–H and O–H groups in total.